The van der Waals surface area contributed by atoms with Crippen molar-refractivity contribution in [3.05, 3.63) is 0 Å². The van der Waals surface area contributed by atoms with E-state index in [2.05, 4.69) is 4.83 Å². The van der Waals surface area contributed by atoms with E-state index in [1.54, 1.807) is 5.01 Å². The summed E-state index contributed by atoms with van der Waals surface area (Å²) in [5.74, 6) is 0. The van der Waals surface area contributed by atoms with Gasteiger partial charge in [0.25, 0.3) is 0 Å². The maximum Gasteiger partial charge on any atom is 0.246 e. The van der Waals surface area contributed by atoms with Gasteiger partial charge in [0.1, 0.15) is 0 Å². The average molecular weight is 164 g/mol. The van der Waals surface area contributed by atoms with Crippen molar-refractivity contribution in [2.75, 3.05) is 13.1 Å². The minimum absolute atomic E-state index is 0.881. The first-order valence-corrected chi connectivity index (χ1v) is 4.52. The van der Waals surface area contributed by atoms with Gasteiger partial charge in [-0.2, -0.15) is 0 Å². The quantitative estimate of drug-likeness (QED) is 0.570. The van der Waals surface area contributed by atoms with Gasteiger partial charge < -0.3 is 0 Å². The van der Waals surface area contributed by atoms with E-state index in [1.807, 2.05) is 0 Å². The molecule has 10 heavy (non-hydrogen) atoms. The molecule has 1 atom stereocenters. The largest absolute Gasteiger partial charge is 0.293 e. The van der Waals surface area contributed by atoms with Crippen molar-refractivity contribution in [1.29, 1.82) is 0 Å². The fraction of sp³-hybridized carbons (Fsp3) is 1.00. The van der Waals surface area contributed by atoms with Crippen LogP contribution in [0.2, 0.25) is 0 Å². The second kappa shape index (κ2) is 4.02. The molecule has 1 heterocycles. The third-order valence-corrected chi connectivity index (χ3v) is 1.98. The van der Waals surface area contributed by atoms with Crippen LogP contribution in [0.3, 0.4) is 0 Å². The fourth-order valence-electron chi connectivity index (χ4n) is 1.10. The van der Waals surface area contributed by atoms with Crippen LogP contribution in [0, 0.1) is 0 Å². The Labute approximate surface area is 63.0 Å². The molecule has 5 heteroatoms. The molecular weight excluding hydrogens is 152 g/mol. The Morgan fingerprint density at radius 1 is 1.30 bits per heavy atom. The number of hydrogen-bond acceptors (Lipinski definition) is 2. The summed E-state index contributed by atoms with van der Waals surface area (Å²) >= 11 is -1.89. The molecule has 0 radical (unpaired) electrons. The summed E-state index contributed by atoms with van der Waals surface area (Å²) in [6.07, 6.45) is 3.46. The summed E-state index contributed by atoms with van der Waals surface area (Å²) < 4.78 is 18.6. The van der Waals surface area contributed by atoms with E-state index in [1.165, 1.54) is 6.42 Å². The Balaban J connectivity index is 2.19. The standard InChI is InChI=1S/C5H12N2O2S/c8-10(9)6-7-4-2-1-3-5-7/h6H,1-5H2,(H,8,9). The van der Waals surface area contributed by atoms with E-state index >= 15 is 0 Å². The Hall–Kier alpha value is 0.0300. The summed E-state index contributed by atoms with van der Waals surface area (Å²) in [7, 11) is 0. The van der Waals surface area contributed by atoms with Gasteiger partial charge in [0, 0.05) is 13.1 Å². The molecule has 0 aromatic heterocycles. The number of hydrazine groups is 1. The molecule has 0 spiro atoms. The van der Waals surface area contributed by atoms with E-state index in [0.717, 1.165) is 25.9 Å². The van der Waals surface area contributed by atoms with Crippen molar-refractivity contribution >= 4 is 11.3 Å². The van der Waals surface area contributed by atoms with Crippen molar-refractivity contribution in [2.24, 2.45) is 0 Å². The van der Waals surface area contributed by atoms with E-state index < -0.39 is 11.3 Å². The van der Waals surface area contributed by atoms with Crippen LogP contribution >= 0.6 is 0 Å². The third-order valence-electron chi connectivity index (χ3n) is 1.56. The number of rotatable bonds is 2. The molecule has 0 amide bonds. The number of nitrogens with zero attached hydrogens (tertiary/aromatic N) is 1. The lowest BCUT2D eigenvalue weighted by molar-refractivity contribution is 0.198. The van der Waals surface area contributed by atoms with Gasteiger partial charge in [0.2, 0.25) is 11.3 Å². The second-order valence-corrected chi connectivity index (χ2v) is 3.07. The molecule has 0 bridgehead atoms. The minimum atomic E-state index is -1.89. The molecule has 1 aliphatic heterocycles. The Morgan fingerprint density at radius 3 is 2.40 bits per heavy atom. The first kappa shape index (κ1) is 8.13. The highest BCUT2D eigenvalue weighted by Crippen LogP contribution is 2.05. The molecule has 60 valence electrons. The molecule has 0 aromatic carbocycles. The van der Waals surface area contributed by atoms with Crippen molar-refractivity contribution in [1.82, 2.24) is 9.84 Å². The third kappa shape index (κ3) is 2.74. The van der Waals surface area contributed by atoms with Gasteiger partial charge in [-0.15, -0.1) is 4.83 Å². The average Bonchev–Trinajstić information content (AvgIpc) is 1.88. The summed E-state index contributed by atoms with van der Waals surface area (Å²) in [5, 5.41) is 1.79. The van der Waals surface area contributed by atoms with Gasteiger partial charge in [-0.3, -0.25) is 4.55 Å². The minimum Gasteiger partial charge on any atom is -0.293 e. The highest BCUT2D eigenvalue weighted by atomic mass is 32.2. The van der Waals surface area contributed by atoms with Gasteiger partial charge in [0.15, 0.2) is 0 Å². The lowest BCUT2D eigenvalue weighted by Crippen LogP contribution is -2.42. The number of hydrogen-bond donors (Lipinski definition) is 2. The smallest absolute Gasteiger partial charge is 0.246 e. The molecule has 1 saturated heterocycles. The van der Waals surface area contributed by atoms with Crippen LogP contribution in [-0.4, -0.2) is 26.9 Å². The number of nitrogens with one attached hydrogen (secondary N) is 1. The predicted molar refractivity (Wildman–Crippen MR) is 39.3 cm³/mol. The normalized spacial score (nSPS) is 24.5. The summed E-state index contributed by atoms with van der Waals surface area (Å²) in [4.78, 5) is 2.44. The Bertz CT molecular complexity index is 125. The molecular formula is C5H12N2O2S. The van der Waals surface area contributed by atoms with Crippen LogP contribution in [0.5, 0.6) is 0 Å². The predicted octanol–water partition coefficient (Wildman–Crippen LogP) is 0.114. The van der Waals surface area contributed by atoms with Gasteiger partial charge in [-0.1, -0.05) is 6.42 Å². The first-order chi connectivity index (χ1) is 4.79. The van der Waals surface area contributed by atoms with Crippen LogP contribution in [0.4, 0.5) is 0 Å². The molecule has 1 aliphatic rings. The topological polar surface area (TPSA) is 52.6 Å². The molecule has 2 N–H and O–H groups in total. The van der Waals surface area contributed by atoms with Crippen molar-refractivity contribution < 1.29 is 8.76 Å². The zero-order valence-electron chi connectivity index (χ0n) is 5.75. The zero-order chi connectivity index (χ0) is 7.40. The van der Waals surface area contributed by atoms with E-state index in [0.29, 0.717) is 0 Å². The van der Waals surface area contributed by atoms with E-state index in [9.17, 15) is 4.21 Å². The second-order valence-electron chi connectivity index (χ2n) is 2.39. The van der Waals surface area contributed by atoms with Gasteiger partial charge in [-0.25, -0.2) is 9.22 Å². The van der Waals surface area contributed by atoms with Crippen molar-refractivity contribution in [3.8, 4) is 0 Å². The summed E-state index contributed by atoms with van der Waals surface area (Å²) in [6, 6.07) is 0. The first-order valence-electron chi connectivity index (χ1n) is 3.41. The molecule has 4 nitrogen and oxygen atoms in total. The van der Waals surface area contributed by atoms with Crippen LogP contribution in [-0.2, 0) is 11.3 Å². The van der Waals surface area contributed by atoms with Crippen LogP contribution < -0.4 is 4.83 Å². The number of piperidine rings is 1. The highest BCUT2D eigenvalue weighted by molar-refractivity contribution is 7.77. The van der Waals surface area contributed by atoms with Gasteiger partial charge in [-0.05, 0) is 12.8 Å². The molecule has 1 fully saturated rings. The van der Waals surface area contributed by atoms with E-state index in [4.69, 9.17) is 4.55 Å². The SMILES string of the molecule is O=S(O)NN1CCCCC1. The van der Waals surface area contributed by atoms with Crippen LogP contribution in [0.1, 0.15) is 19.3 Å². The molecule has 0 aromatic rings. The molecule has 1 unspecified atom stereocenters. The van der Waals surface area contributed by atoms with Gasteiger partial charge >= 0.3 is 0 Å². The van der Waals surface area contributed by atoms with Crippen LogP contribution in [0.15, 0.2) is 0 Å². The van der Waals surface area contributed by atoms with Crippen LogP contribution in [0.25, 0.3) is 0 Å². The van der Waals surface area contributed by atoms with Gasteiger partial charge in [0.05, 0.1) is 0 Å². The molecule has 1 rings (SSSR count). The highest BCUT2D eigenvalue weighted by Gasteiger charge is 2.10. The Kier molecular flexibility index (Phi) is 3.27. The maximum absolute atomic E-state index is 10.2. The molecule has 0 aliphatic carbocycles. The van der Waals surface area contributed by atoms with Crippen molar-refractivity contribution in [2.45, 2.75) is 19.3 Å². The lowest BCUT2D eigenvalue weighted by Gasteiger charge is -2.24. The summed E-state index contributed by atoms with van der Waals surface area (Å²) in [5.41, 5.74) is 0. The summed E-state index contributed by atoms with van der Waals surface area (Å²) in [6.45, 7) is 1.76. The fourth-order valence-corrected chi connectivity index (χ4v) is 1.50. The Morgan fingerprint density at radius 2 is 1.90 bits per heavy atom. The zero-order valence-corrected chi connectivity index (χ0v) is 6.56. The molecule has 0 saturated carbocycles. The monoisotopic (exact) mass is 164 g/mol. The maximum atomic E-state index is 10.2. The van der Waals surface area contributed by atoms with E-state index in [-0.39, 0.29) is 0 Å². The lowest BCUT2D eigenvalue weighted by atomic mass is 10.2. The van der Waals surface area contributed by atoms with Crippen molar-refractivity contribution in [3.63, 3.8) is 0 Å².